The van der Waals surface area contributed by atoms with Crippen LogP contribution < -0.4 is 5.32 Å². The third-order valence-corrected chi connectivity index (χ3v) is 1.72. The summed E-state index contributed by atoms with van der Waals surface area (Å²) in [7, 11) is 1.42. The van der Waals surface area contributed by atoms with Gasteiger partial charge in [-0.1, -0.05) is 13.3 Å². The van der Waals surface area contributed by atoms with E-state index in [9.17, 15) is 4.79 Å². The zero-order chi connectivity index (χ0) is 9.40. The summed E-state index contributed by atoms with van der Waals surface area (Å²) >= 11 is 0. The van der Waals surface area contributed by atoms with Crippen LogP contribution in [-0.4, -0.2) is 25.7 Å². The molecule has 1 unspecified atom stereocenters. The molecule has 0 aromatic rings. The highest BCUT2D eigenvalue weighted by atomic mass is 16.5. The highest BCUT2D eigenvalue weighted by molar-refractivity contribution is 5.69. The summed E-state index contributed by atoms with van der Waals surface area (Å²) in [5.74, 6) is -0.147. The Labute approximate surface area is 74.5 Å². The number of hydrogen-bond acceptors (Lipinski definition) is 3. The van der Waals surface area contributed by atoms with Crippen LogP contribution in [0.1, 0.15) is 33.1 Å². The second-order valence-corrected chi connectivity index (χ2v) is 2.99. The number of carbonyl (C=O) groups is 1. The molecule has 0 aliphatic rings. The number of methoxy groups -OCH3 is 1. The van der Waals surface area contributed by atoms with Gasteiger partial charge in [0.2, 0.25) is 0 Å². The second kappa shape index (κ2) is 7.10. The topological polar surface area (TPSA) is 38.3 Å². The predicted octanol–water partition coefficient (Wildman–Crippen LogP) is 1.33. The molecule has 0 fully saturated rings. The van der Waals surface area contributed by atoms with E-state index < -0.39 is 0 Å². The average molecular weight is 173 g/mol. The zero-order valence-corrected chi connectivity index (χ0v) is 8.22. The van der Waals surface area contributed by atoms with Crippen LogP contribution in [0, 0.1) is 0 Å². The summed E-state index contributed by atoms with van der Waals surface area (Å²) in [6.07, 6.45) is 2.80. The number of hydrogen-bond donors (Lipinski definition) is 1. The maximum atomic E-state index is 10.8. The Morgan fingerprint density at radius 3 is 2.75 bits per heavy atom. The van der Waals surface area contributed by atoms with Crippen LogP contribution in [0.2, 0.25) is 0 Å². The van der Waals surface area contributed by atoms with E-state index in [0.717, 1.165) is 13.0 Å². The van der Waals surface area contributed by atoms with Gasteiger partial charge >= 0.3 is 5.97 Å². The van der Waals surface area contributed by atoms with Crippen molar-refractivity contribution in [1.82, 2.24) is 5.32 Å². The fraction of sp³-hybridized carbons (Fsp3) is 0.889. The van der Waals surface area contributed by atoms with Gasteiger partial charge in [-0.25, -0.2) is 0 Å². The first kappa shape index (κ1) is 11.4. The molecule has 72 valence electrons. The normalized spacial score (nSPS) is 12.6. The van der Waals surface area contributed by atoms with Crippen molar-refractivity contribution >= 4 is 5.97 Å². The molecule has 0 aliphatic carbocycles. The summed E-state index contributed by atoms with van der Waals surface area (Å²) < 4.78 is 4.55. The molecule has 3 heteroatoms. The van der Waals surface area contributed by atoms with Gasteiger partial charge < -0.3 is 10.1 Å². The van der Waals surface area contributed by atoms with Gasteiger partial charge in [0, 0.05) is 6.04 Å². The van der Waals surface area contributed by atoms with Crippen LogP contribution in [0.5, 0.6) is 0 Å². The van der Waals surface area contributed by atoms with E-state index in [1.165, 1.54) is 13.5 Å². The van der Waals surface area contributed by atoms with E-state index >= 15 is 0 Å². The molecular weight excluding hydrogens is 154 g/mol. The molecule has 0 aromatic carbocycles. The standard InChI is InChI=1S/C9H19NO2/c1-4-5-6-10-8(2)7-9(11)12-3/h8,10H,4-7H2,1-3H3. The highest BCUT2D eigenvalue weighted by Gasteiger charge is 2.06. The number of nitrogens with one attached hydrogen (secondary N) is 1. The summed E-state index contributed by atoms with van der Waals surface area (Å²) in [4.78, 5) is 10.8. The first-order chi connectivity index (χ1) is 5.70. The summed E-state index contributed by atoms with van der Waals surface area (Å²) in [6, 6.07) is 0.226. The fourth-order valence-electron chi connectivity index (χ4n) is 0.931. The van der Waals surface area contributed by atoms with Crippen molar-refractivity contribution < 1.29 is 9.53 Å². The van der Waals surface area contributed by atoms with Gasteiger partial charge in [-0.05, 0) is 19.9 Å². The number of unbranched alkanes of at least 4 members (excludes halogenated alkanes) is 1. The van der Waals surface area contributed by atoms with E-state index in [4.69, 9.17) is 0 Å². The molecule has 0 saturated carbocycles. The fourth-order valence-corrected chi connectivity index (χ4v) is 0.931. The van der Waals surface area contributed by atoms with Crippen molar-refractivity contribution in [2.75, 3.05) is 13.7 Å². The van der Waals surface area contributed by atoms with Crippen LogP contribution in [0.15, 0.2) is 0 Å². The third kappa shape index (κ3) is 6.16. The van der Waals surface area contributed by atoms with Crippen molar-refractivity contribution in [3.8, 4) is 0 Å². The Bertz CT molecular complexity index is 126. The average Bonchev–Trinajstić information content (AvgIpc) is 2.05. The minimum absolute atomic E-state index is 0.147. The number of rotatable bonds is 6. The lowest BCUT2D eigenvalue weighted by atomic mass is 10.2. The molecule has 0 aliphatic heterocycles. The SMILES string of the molecule is CCCCNC(C)CC(=O)OC. The maximum absolute atomic E-state index is 10.8. The first-order valence-electron chi connectivity index (χ1n) is 4.50. The molecule has 3 nitrogen and oxygen atoms in total. The molecule has 12 heavy (non-hydrogen) atoms. The molecule has 0 aromatic heterocycles. The van der Waals surface area contributed by atoms with E-state index in [1.807, 2.05) is 6.92 Å². The first-order valence-corrected chi connectivity index (χ1v) is 4.50. The van der Waals surface area contributed by atoms with Crippen molar-refractivity contribution in [2.24, 2.45) is 0 Å². The smallest absolute Gasteiger partial charge is 0.307 e. The van der Waals surface area contributed by atoms with Crippen LogP contribution in [-0.2, 0) is 9.53 Å². The number of esters is 1. The molecule has 0 spiro atoms. The van der Waals surface area contributed by atoms with Crippen LogP contribution in [0.3, 0.4) is 0 Å². The van der Waals surface area contributed by atoms with Crippen LogP contribution >= 0.6 is 0 Å². The molecule has 1 atom stereocenters. The summed E-state index contributed by atoms with van der Waals surface area (Å²) in [5, 5.41) is 3.25. The minimum Gasteiger partial charge on any atom is -0.469 e. The summed E-state index contributed by atoms with van der Waals surface area (Å²) in [6.45, 7) is 5.12. The van der Waals surface area contributed by atoms with Gasteiger partial charge in [0.1, 0.15) is 0 Å². The Morgan fingerprint density at radius 2 is 2.25 bits per heavy atom. The highest BCUT2D eigenvalue weighted by Crippen LogP contribution is 1.93. The molecule has 0 heterocycles. The zero-order valence-electron chi connectivity index (χ0n) is 8.22. The Balaban J connectivity index is 3.32. The van der Waals surface area contributed by atoms with Crippen molar-refractivity contribution in [1.29, 1.82) is 0 Å². The van der Waals surface area contributed by atoms with E-state index in [1.54, 1.807) is 0 Å². The molecule has 1 N–H and O–H groups in total. The predicted molar refractivity (Wildman–Crippen MR) is 49.0 cm³/mol. The van der Waals surface area contributed by atoms with Crippen LogP contribution in [0.25, 0.3) is 0 Å². The van der Waals surface area contributed by atoms with E-state index in [-0.39, 0.29) is 12.0 Å². The lowest BCUT2D eigenvalue weighted by Crippen LogP contribution is -2.29. The van der Waals surface area contributed by atoms with Gasteiger partial charge in [0.15, 0.2) is 0 Å². The Morgan fingerprint density at radius 1 is 1.58 bits per heavy atom. The molecule has 0 bridgehead atoms. The van der Waals surface area contributed by atoms with Gasteiger partial charge in [-0.3, -0.25) is 4.79 Å². The Hall–Kier alpha value is -0.570. The number of ether oxygens (including phenoxy) is 1. The van der Waals surface area contributed by atoms with Gasteiger partial charge in [0.05, 0.1) is 13.5 Å². The van der Waals surface area contributed by atoms with Gasteiger partial charge in [-0.15, -0.1) is 0 Å². The van der Waals surface area contributed by atoms with Gasteiger partial charge in [0.25, 0.3) is 0 Å². The Kier molecular flexibility index (Phi) is 6.76. The van der Waals surface area contributed by atoms with Crippen LogP contribution in [0.4, 0.5) is 0 Å². The quantitative estimate of drug-likeness (QED) is 0.486. The minimum atomic E-state index is -0.147. The molecule has 0 amide bonds. The molecule has 0 rings (SSSR count). The second-order valence-electron chi connectivity index (χ2n) is 2.99. The lowest BCUT2D eigenvalue weighted by Gasteiger charge is -2.11. The third-order valence-electron chi connectivity index (χ3n) is 1.72. The van der Waals surface area contributed by atoms with E-state index in [2.05, 4.69) is 17.0 Å². The largest absolute Gasteiger partial charge is 0.469 e. The van der Waals surface area contributed by atoms with E-state index in [0.29, 0.717) is 6.42 Å². The summed E-state index contributed by atoms with van der Waals surface area (Å²) in [5.41, 5.74) is 0. The molecular formula is C9H19NO2. The van der Waals surface area contributed by atoms with Crippen molar-refractivity contribution in [2.45, 2.75) is 39.2 Å². The lowest BCUT2D eigenvalue weighted by molar-refractivity contribution is -0.141. The van der Waals surface area contributed by atoms with Crippen molar-refractivity contribution in [3.05, 3.63) is 0 Å². The number of carbonyl (C=O) groups excluding carboxylic acids is 1. The molecule has 0 radical (unpaired) electrons. The molecule has 0 saturated heterocycles. The van der Waals surface area contributed by atoms with Crippen molar-refractivity contribution in [3.63, 3.8) is 0 Å². The maximum Gasteiger partial charge on any atom is 0.307 e. The van der Waals surface area contributed by atoms with Gasteiger partial charge in [-0.2, -0.15) is 0 Å². The monoisotopic (exact) mass is 173 g/mol.